The third-order valence-electron chi connectivity index (χ3n) is 2.86. The summed E-state index contributed by atoms with van der Waals surface area (Å²) in [7, 11) is 0. The van der Waals surface area contributed by atoms with Crippen LogP contribution in [0, 0.1) is 18.6 Å². The number of rotatable bonds is 3. The van der Waals surface area contributed by atoms with Crippen molar-refractivity contribution in [2.45, 2.75) is 13.3 Å². The lowest BCUT2D eigenvalue weighted by molar-refractivity contribution is -0.115. The van der Waals surface area contributed by atoms with Crippen LogP contribution in [0.25, 0.3) is 0 Å². The average Bonchev–Trinajstić information content (AvgIpc) is 2.38. The third-order valence-corrected chi connectivity index (χ3v) is 2.86. The fraction of sp³-hybridized carbons (Fsp3) is 0.133. The quantitative estimate of drug-likeness (QED) is 0.847. The minimum atomic E-state index is -1.00. The van der Waals surface area contributed by atoms with Crippen LogP contribution < -0.4 is 11.1 Å². The Morgan fingerprint density at radius 1 is 1.25 bits per heavy atom. The maximum absolute atomic E-state index is 13.5. The van der Waals surface area contributed by atoms with Crippen molar-refractivity contribution in [1.29, 1.82) is 0 Å². The minimum absolute atomic E-state index is 0.00758. The van der Waals surface area contributed by atoms with E-state index in [4.69, 9.17) is 5.73 Å². The van der Waals surface area contributed by atoms with Gasteiger partial charge in [-0.05, 0) is 30.7 Å². The molecule has 0 aromatic heterocycles. The first-order chi connectivity index (χ1) is 9.47. The summed E-state index contributed by atoms with van der Waals surface area (Å²) < 4.78 is 26.5. The van der Waals surface area contributed by atoms with Crippen molar-refractivity contribution in [3.8, 4) is 0 Å². The lowest BCUT2D eigenvalue weighted by Gasteiger charge is -2.09. The highest BCUT2D eigenvalue weighted by Gasteiger charge is 2.12. The number of aryl methyl sites for hydroxylation is 1. The van der Waals surface area contributed by atoms with Crippen LogP contribution in [0.3, 0.4) is 0 Å². The van der Waals surface area contributed by atoms with Crippen LogP contribution in [0.15, 0.2) is 36.4 Å². The highest BCUT2D eigenvalue weighted by molar-refractivity contribution is 5.95. The van der Waals surface area contributed by atoms with Gasteiger partial charge in [-0.15, -0.1) is 0 Å². The van der Waals surface area contributed by atoms with E-state index in [0.29, 0.717) is 11.4 Å². The maximum Gasteiger partial charge on any atom is 0.228 e. The molecule has 0 unspecified atom stereocenters. The molecule has 3 nitrogen and oxygen atoms in total. The molecule has 0 saturated carbocycles. The van der Waals surface area contributed by atoms with Gasteiger partial charge in [0, 0.05) is 5.56 Å². The topological polar surface area (TPSA) is 55.1 Å². The number of amides is 1. The second-order valence-corrected chi connectivity index (χ2v) is 4.53. The van der Waals surface area contributed by atoms with E-state index in [1.54, 1.807) is 18.2 Å². The van der Waals surface area contributed by atoms with E-state index in [1.807, 2.05) is 6.92 Å². The average molecular weight is 276 g/mol. The highest BCUT2D eigenvalue weighted by Crippen LogP contribution is 2.20. The Labute approximate surface area is 115 Å². The van der Waals surface area contributed by atoms with Gasteiger partial charge in [0.15, 0.2) is 11.6 Å². The maximum atomic E-state index is 13.5. The van der Waals surface area contributed by atoms with E-state index in [2.05, 4.69) is 5.32 Å². The normalized spacial score (nSPS) is 10.3. The number of nitrogen functional groups attached to an aromatic ring is 1. The van der Waals surface area contributed by atoms with Crippen molar-refractivity contribution in [2.24, 2.45) is 0 Å². The molecule has 0 atom stereocenters. The van der Waals surface area contributed by atoms with Gasteiger partial charge in [-0.1, -0.05) is 18.2 Å². The summed E-state index contributed by atoms with van der Waals surface area (Å²) in [5.41, 5.74) is 7.63. The Morgan fingerprint density at radius 2 is 2.00 bits per heavy atom. The smallest absolute Gasteiger partial charge is 0.228 e. The molecule has 2 aromatic rings. The number of halogens is 2. The Morgan fingerprint density at radius 3 is 2.70 bits per heavy atom. The summed E-state index contributed by atoms with van der Waals surface area (Å²) in [6, 6.07) is 8.93. The molecule has 0 aliphatic carbocycles. The molecule has 104 valence electrons. The number of hydrogen-bond acceptors (Lipinski definition) is 2. The van der Waals surface area contributed by atoms with Crippen molar-refractivity contribution < 1.29 is 13.6 Å². The zero-order valence-corrected chi connectivity index (χ0v) is 10.9. The molecule has 0 spiro atoms. The van der Waals surface area contributed by atoms with E-state index >= 15 is 0 Å². The summed E-state index contributed by atoms with van der Waals surface area (Å²) in [6.07, 6.45) is -0.253. The van der Waals surface area contributed by atoms with Crippen LogP contribution >= 0.6 is 0 Å². The Hall–Kier alpha value is -2.43. The van der Waals surface area contributed by atoms with Gasteiger partial charge in [0.05, 0.1) is 17.8 Å². The van der Waals surface area contributed by atoms with E-state index in [0.717, 1.165) is 11.6 Å². The summed E-state index contributed by atoms with van der Waals surface area (Å²) in [4.78, 5) is 11.8. The first-order valence-electron chi connectivity index (χ1n) is 6.06. The van der Waals surface area contributed by atoms with Crippen molar-refractivity contribution in [1.82, 2.24) is 0 Å². The van der Waals surface area contributed by atoms with E-state index in [-0.39, 0.29) is 12.0 Å². The fourth-order valence-corrected chi connectivity index (χ4v) is 1.85. The van der Waals surface area contributed by atoms with Gasteiger partial charge in [0.1, 0.15) is 0 Å². The fourth-order valence-electron chi connectivity index (χ4n) is 1.85. The highest BCUT2D eigenvalue weighted by atomic mass is 19.2. The molecular formula is C15H14F2N2O. The molecule has 1 amide bonds. The summed E-state index contributed by atoms with van der Waals surface area (Å²) in [5.74, 6) is -2.42. The Kier molecular flexibility index (Phi) is 3.98. The first kappa shape index (κ1) is 14.0. The molecular weight excluding hydrogens is 262 g/mol. The van der Waals surface area contributed by atoms with Crippen LogP contribution in [-0.4, -0.2) is 5.91 Å². The molecule has 5 heteroatoms. The van der Waals surface area contributed by atoms with Gasteiger partial charge in [-0.25, -0.2) is 8.78 Å². The molecule has 2 aromatic carbocycles. The molecule has 0 bridgehead atoms. The zero-order valence-electron chi connectivity index (χ0n) is 10.9. The summed E-state index contributed by atoms with van der Waals surface area (Å²) in [5, 5.41) is 2.58. The molecule has 0 aliphatic heterocycles. The zero-order chi connectivity index (χ0) is 14.7. The largest absolute Gasteiger partial charge is 0.397 e. The number of anilines is 2. The molecule has 0 aliphatic rings. The molecule has 2 rings (SSSR count). The number of carbonyl (C=O) groups excluding carboxylic acids is 1. The van der Waals surface area contributed by atoms with Gasteiger partial charge in [-0.3, -0.25) is 4.79 Å². The van der Waals surface area contributed by atoms with E-state index < -0.39 is 17.5 Å². The van der Waals surface area contributed by atoms with Gasteiger partial charge in [0.2, 0.25) is 5.91 Å². The van der Waals surface area contributed by atoms with Crippen LogP contribution in [0.4, 0.5) is 20.2 Å². The Balaban J connectivity index is 2.11. The monoisotopic (exact) mass is 276 g/mol. The second kappa shape index (κ2) is 5.69. The molecule has 0 heterocycles. The number of hydrogen-bond donors (Lipinski definition) is 2. The number of carbonyl (C=O) groups is 1. The molecule has 0 radical (unpaired) electrons. The van der Waals surface area contributed by atoms with Gasteiger partial charge < -0.3 is 11.1 Å². The van der Waals surface area contributed by atoms with Gasteiger partial charge in [-0.2, -0.15) is 0 Å². The predicted molar refractivity (Wildman–Crippen MR) is 74.3 cm³/mol. The van der Waals surface area contributed by atoms with Crippen LogP contribution in [0.5, 0.6) is 0 Å². The second-order valence-electron chi connectivity index (χ2n) is 4.53. The van der Waals surface area contributed by atoms with Crippen molar-refractivity contribution in [3.05, 3.63) is 59.2 Å². The molecule has 3 N–H and O–H groups in total. The van der Waals surface area contributed by atoms with Crippen molar-refractivity contribution >= 4 is 17.3 Å². The molecule has 20 heavy (non-hydrogen) atoms. The molecule has 0 saturated heterocycles. The Bertz CT molecular complexity index is 656. The SMILES string of the molecule is Cc1ccc(NC(=O)Cc2cccc(F)c2F)c(N)c1. The van der Waals surface area contributed by atoms with E-state index in [9.17, 15) is 13.6 Å². The van der Waals surface area contributed by atoms with Crippen molar-refractivity contribution in [2.75, 3.05) is 11.1 Å². The number of benzene rings is 2. The minimum Gasteiger partial charge on any atom is -0.397 e. The number of nitrogens with two attached hydrogens (primary N) is 1. The van der Waals surface area contributed by atoms with Crippen molar-refractivity contribution in [3.63, 3.8) is 0 Å². The van der Waals surface area contributed by atoms with Gasteiger partial charge >= 0.3 is 0 Å². The third kappa shape index (κ3) is 3.12. The number of nitrogens with one attached hydrogen (secondary N) is 1. The van der Waals surface area contributed by atoms with Crippen LogP contribution in [-0.2, 0) is 11.2 Å². The standard InChI is InChI=1S/C15H14F2N2O/c1-9-5-6-13(12(18)7-9)19-14(20)8-10-3-2-4-11(16)15(10)17/h2-7H,8,18H2,1H3,(H,19,20). The van der Waals surface area contributed by atoms with Gasteiger partial charge in [0.25, 0.3) is 0 Å². The van der Waals surface area contributed by atoms with E-state index in [1.165, 1.54) is 12.1 Å². The summed E-state index contributed by atoms with van der Waals surface area (Å²) in [6.45, 7) is 1.88. The summed E-state index contributed by atoms with van der Waals surface area (Å²) >= 11 is 0. The lowest BCUT2D eigenvalue weighted by Crippen LogP contribution is -2.16. The predicted octanol–water partition coefficient (Wildman–Crippen LogP) is 3.04. The van der Waals surface area contributed by atoms with Crippen LogP contribution in [0.1, 0.15) is 11.1 Å². The first-order valence-corrected chi connectivity index (χ1v) is 6.06. The van der Waals surface area contributed by atoms with Crippen LogP contribution in [0.2, 0.25) is 0 Å². The molecule has 0 fully saturated rings. The lowest BCUT2D eigenvalue weighted by atomic mass is 10.1.